The van der Waals surface area contributed by atoms with Crippen molar-refractivity contribution in [2.24, 2.45) is 16.1 Å². The monoisotopic (exact) mass is 545 g/mol. The smallest absolute Gasteiger partial charge is 0.206 e. The van der Waals surface area contributed by atoms with Crippen molar-refractivity contribution in [1.82, 2.24) is 10.3 Å². The van der Waals surface area contributed by atoms with Crippen LogP contribution in [0.3, 0.4) is 0 Å². The van der Waals surface area contributed by atoms with Crippen LogP contribution < -0.4 is 11.2 Å². The van der Waals surface area contributed by atoms with E-state index in [4.69, 9.17) is 19.1 Å². The summed E-state index contributed by atoms with van der Waals surface area (Å²) in [6.45, 7) is 4.92. The van der Waals surface area contributed by atoms with E-state index in [9.17, 15) is 4.39 Å². The average Bonchev–Trinajstić information content (AvgIpc) is 3.39. The molecule has 8 heteroatoms. The summed E-state index contributed by atoms with van der Waals surface area (Å²) in [6, 6.07) is 2.32. The Hall–Kier alpha value is -2.81. The number of nitrogens with two attached hydrogens (primary N) is 1. The SMILES string of the molecule is [B]N(CCC1(C)C=CC(F)=CC1)NC(C/C=C(C=NC=N)\C(=C/N)c1cc(CC2=CCCC=C2)cs1)CCC. The van der Waals surface area contributed by atoms with Crippen molar-refractivity contribution in [3.05, 3.63) is 87.6 Å². The van der Waals surface area contributed by atoms with E-state index in [1.165, 1.54) is 11.1 Å². The van der Waals surface area contributed by atoms with Gasteiger partial charge in [0.1, 0.15) is 12.2 Å². The number of nitrogens with one attached hydrogen (secondary N) is 2. The van der Waals surface area contributed by atoms with Gasteiger partial charge in [-0.15, -0.1) is 11.3 Å². The number of nitrogens with zero attached hydrogens (tertiary/aromatic N) is 2. The fourth-order valence-corrected chi connectivity index (χ4v) is 5.74. The summed E-state index contributed by atoms with van der Waals surface area (Å²) < 4.78 is 13.4. The molecular weight excluding hydrogens is 504 g/mol. The van der Waals surface area contributed by atoms with Gasteiger partial charge in [0.15, 0.2) is 0 Å². The second-order valence-corrected chi connectivity index (χ2v) is 11.4. The summed E-state index contributed by atoms with van der Waals surface area (Å²) >= 11 is 1.67. The first-order valence-corrected chi connectivity index (χ1v) is 14.6. The molecule has 0 aromatic carbocycles. The molecule has 2 radical (unpaired) electrons. The maximum Gasteiger partial charge on any atom is 0.206 e. The molecular formula is C31H41BFN5S. The number of aliphatic imine (C=N–C) groups is 1. The Kier molecular flexibility index (Phi) is 12.4. The Morgan fingerprint density at radius 1 is 1.36 bits per heavy atom. The molecule has 2 aliphatic rings. The normalized spacial score (nSPS) is 20.9. The second-order valence-electron chi connectivity index (χ2n) is 10.5. The highest BCUT2D eigenvalue weighted by molar-refractivity contribution is 7.11. The molecule has 0 spiro atoms. The second kappa shape index (κ2) is 15.7. The van der Waals surface area contributed by atoms with E-state index >= 15 is 0 Å². The van der Waals surface area contributed by atoms with Gasteiger partial charge < -0.3 is 5.73 Å². The van der Waals surface area contributed by atoms with Crippen molar-refractivity contribution >= 4 is 37.4 Å². The van der Waals surface area contributed by atoms with Crippen LogP contribution in [0.4, 0.5) is 4.39 Å². The van der Waals surface area contributed by atoms with E-state index in [-0.39, 0.29) is 17.3 Å². The van der Waals surface area contributed by atoms with E-state index in [2.05, 4.69) is 60.0 Å². The highest BCUT2D eigenvalue weighted by Crippen LogP contribution is 2.33. The molecule has 0 saturated heterocycles. The summed E-state index contributed by atoms with van der Waals surface area (Å²) in [6.07, 6.45) is 25.7. The molecule has 1 aromatic heterocycles. The number of hydrogen-bond donors (Lipinski definition) is 3. The molecule has 0 bridgehead atoms. The Labute approximate surface area is 238 Å². The summed E-state index contributed by atoms with van der Waals surface area (Å²) in [7, 11) is 6.34. The molecule has 3 rings (SSSR count). The van der Waals surface area contributed by atoms with Crippen LogP contribution in [0.5, 0.6) is 0 Å². The van der Waals surface area contributed by atoms with Gasteiger partial charge in [-0.3, -0.25) is 15.8 Å². The number of hydrazine groups is 1. The van der Waals surface area contributed by atoms with E-state index < -0.39 is 0 Å². The van der Waals surface area contributed by atoms with Crippen molar-refractivity contribution < 1.29 is 4.39 Å². The third-order valence-electron chi connectivity index (χ3n) is 7.11. The summed E-state index contributed by atoms with van der Waals surface area (Å²) in [5, 5.41) is 9.59. The van der Waals surface area contributed by atoms with Crippen molar-refractivity contribution in [2.45, 2.75) is 71.3 Å². The third kappa shape index (κ3) is 10.0. The Morgan fingerprint density at radius 2 is 2.21 bits per heavy atom. The molecule has 1 heterocycles. The Bertz CT molecular complexity index is 1180. The van der Waals surface area contributed by atoms with E-state index in [1.54, 1.807) is 40.8 Å². The van der Waals surface area contributed by atoms with Gasteiger partial charge in [0.2, 0.25) is 7.98 Å². The predicted molar refractivity (Wildman–Crippen MR) is 167 cm³/mol. The molecule has 206 valence electrons. The Balaban J connectivity index is 1.67. The van der Waals surface area contributed by atoms with Crippen LogP contribution in [0.15, 0.2) is 82.1 Å². The standard InChI is InChI=1S/C31H41BFN5S/c1-3-7-28(37-38(32)17-16-31(2)14-12-27(33)13-15-31)11-10-26(21-36-23-35)29(20-34)30-19-25(22-39-30)18-24-8-5-4-6-9-24/h5,8-10,12-14,19-23,28,35,37H,3-4,6-7,11,15-18,34H2,1-2H3/b26-10-,29-20+,35-23?,36-21?. The van der Waals surface area contributed by atoms with Gasteiger partial charge in [0.25, 0.3) is 0 Å². The third-order valence-corrected chi connectivity index (χ3v) is 8.12. The molecule has 0 aliphatic heterocycles. The molecule has 1 aromatic rings. The summed E-state index contributed by atoms with van der Waals surface area (Å²) in [5.41, 5.74) is 13.9. The number of hydrogen-bond acceptors (Lipinski definition) is 5. The molecule has 39 heavy (non-hydrogen) atoms. The number of halogens is 1. The zero-order valence-electron chi connectivity index (χ0n) is 23.2. The van der Waals surface area contributed by atoms with Gasteiger partial charge in [0.05, 0.1) is 0 Å². The van der Waals surface area contributed by atoms with Gasteiger partial charge in [-0.2, -0.15) is 0 Å². The first-order valence-electron chi connectivity index (χ1n) is 13.8. The maximum absolute atomic E-state index is 13.4. The van der Waals surface area contributed by atoms with Crippen molar-refractivity contribution in [1.29, 1.82) is 5.41 Å². The van der Waals surface area contributed by atoms with E-state index in [0.717, 1.165) is 67.3 Å². The quantitative estimate of drug-likeness (QED) is 0.0722. The zero-order chi connectivity index (χ0) is 28.1. The van der Waals surface area contributed by atoms with Crippen LogP contribution in [0.1, 0.15) is 69.2 Å². The van der Waals surface area contributed by atoms with E-state index in [1.807, 2.05) is 6.08 Å². The summed E-state index contributed by atoms with van der Waals surface area (Å²) in [4.78, 5) is 6.83. The highest BCUT2D eigenvalue weighted by atomic mass is 32.1. The first kappa shape index (κ1) is 30.7. The van der Waals surface area contributed by atoms with Crippen LogP contribution in [-0.2, 0) is 6.42 Å². The van der Waals surface area contributed by atoms with Crippen LogP contribution >= 0.6 is 11.3 Å². The topological polar surface area (TPSA) is 77.5 Å². The molecule has 0 fully saturated rings. The zero-order valence-corrected chi connectivity index (χ0v) is 24.0. The van der Waals surface area contributed by atoms with Crippen molar-refractivity contribution in [3.63, 3.8) is 0 Å². The molecule has 4 N–H and O–H groups in total. The molecule has 2 unspecified atom stereocenters. The Morgan fingerprint density at radius 3 is 2.87 bits per heavy atom. The molecule has 2 atom stereocenters. The number of allylic oxidation sites excluding steroid dienone is 10. The summed E-state index contributed by atoms with van der Waals surface area (Å²) in [5.74, 6) is -0.171. The lowest BCUT2D eigenvalue weighted by Gasteiger charge is -2.32. The van der Waals surface area contributed by atoms with Crippen LogP contribution in [0, 0.1) is 10.8 Å². The number of thiophene rings is 1. The van der Waals surface area contributed by atoms with E-state index in [0.29, 0.717) is 13.0 Å². The predicted octanol–water partition coefficient (Wildman–Crippen LogP) is 7.13. The van der Waals surface area contributed by atoms with Crippen LogP contribution in [0.25, 0.3) is 5.57 Å². The minimum absolute atomic E-state index is 0.102. The van der Waals surface area contributed by atoms with Crippen molar-refractivity contribution in [2.75, 3.05) is 6.54 Å². The fraction of sp³-hybridized carbons (Fsp3) is 0.419. The van der Waals surface area contributed by atoms with Gasteiger partial charge in [-0.1, -0.05) is 50.6 Å². The average molecular weight is 546 g/mol. The van der Waals surface area contributed by atoms with Gasteiger partial charge >= 0.3 is 0 Å². The maximum atomic E-state index is 13.4. The lowest BCUT2D eigenvalue weighted by Crippen LogP contribution is -2.44. The van der Waals surface area contributed by atoms with Crippen molar-refractivity contribution in [3.8, 4) is 0 Å². The largest absolute Gasteiger partial charge is 0.404 e. The lowest BCUT2D eigenvalue weighted by molar-refractivity contribution is 0.237. The minimum atomic E-state index is -0.171. The molecule has 0 saturated carbocycles. The molecule has 2 aliphatic carbocycles. The number of rotatable bonds is 15. The van der Waals surface area contributed by atoms with Crippen LogP contribution in [-0.4, -0.2) is 38.0 Å². The lowest BCUT2D eigenvalue weighted by atomic mass is 9.80. The van der Waals surface area contributed by atoms with Gasteiger partial charge in [-0.25, -0.2) is 9.38 Å². The minimum Gasteiger partial charge on any atom is -0.404 e. The van der Waals surface area contributed by atoms with Gasteiger partial charge in [-0.05, 0) is 90.7 Å². The molecule has 0 amide bonds. The highest BCUT2D eigenvalue weighted by Gasteiger charge is 2.23. The van der Waals surface area contributed by atoms with Gasteiger partial charge in [0, 0.05) is 35.5 Å². The fourth-order valence-electron chi connectivity index (χ4n) is 4.78. The molecule has 5 nitrogen and oxygen atoms in total. The first-order chi connectivity index (χ1) is 18.9. The van der Waals surface area contributed by atoms with Crippen LogP contribution in [0.2, 0.25) is 0 Å².